The van der Waals surface area contributed by atoms with Gasteiger partial charge in [0.25, 0.3) is 0 Å². The number of hydrogen-bond acceptors (Lipinski definition) is 5. The van der Waals surface area contributed by atoms with Crippen LogP contribution in [0.4, 0.5) is 0 Å². The van der Waals surface area contributed by atoms with Gasteiger partial charge in [0.2, 0.25) is 0 Å². The van der Waals surface area contributed by atoms with E-state index in [2.05, 4.69) is 5.32 Å². The molecule has 0 aliphatic heterocycles. The molecule has 1 aromatic rings. The molecule has 0 saturated carbocycles. The summed E-state index contributed by atoms with van der Waals surface area (Å²) in [5.74, 6) is 0.580. The van der Waals surface area contributed by atoms with Crippen molar-refractivity contribution >= 4 is 9.84 Å². The van der Waals surface area contributed by atoms with E-state index >= 15 is 0 Å². The molecule has 6 heteroatoms. The lowest BCUT2D eigenvalue weighted by Gasteiger charge is -2.19. The Balaban J connectivity index is 2.58. The lowest BCUT2D eigenvalue weighted by atomic mass is 10.3. The molecule has 2 N–H and O–H groups in total. The molecule has 0 aliphatic carbocycles. The Morgan fingerprint density at radius 3 is 2.26 bits per heavy atom. The minimum Gasteiger partial charge on any atom is -0.492 e. The first-order chi connectivity index (χ1) is 8.82. The van der Waals surface area contributed by atoms with Gasteiger partial charge in [0, 0.05) is 12.3 Å². The van der Waals surface area contributed by atoms with Gasteiger partial charge in [-0.05, 0) is 24.3 Å². The van der Waals surface area contributed by atoms with E-state index in [1.54, 1.807) is 12.1 Å². The van der Waals surface area contributed by atoms with Crippen LogP contribution in [-0.2, 0) is 9.84 Å². The molecular formula is C13H21NO4S. The Kier molecular flexibility index (Phi) is 5.78. The first kappa shape index (κ1) is 15.9. The van der Waals surface area contributed by atoms with E-state index in [9.17, 15) is 13.5 Å². The lowest BCUT2D eigenvalue weighted by molar-refractivity contribution is 0.177. The molecule has 0 spiro atoms. The van der Waals surface area contributed by atoms with Crippen LogP contribution in [0.2, 0.25) is 0 Å². The molecule has 0 aromatic heterocycles. The third-order valence-electron chi connectivity index (χ3n) is 2.49. The summed E-state index contributed by atoms with van der Waals surface area (Å²) >= 11 is 0. The molecule has 0 aliphatic rings. The van der Waals surface area contributed by atoms with E-state index in [-0.39, 0.29) is 23.6 Å². The minimum atomic E-state index is -3.18. The topological polar surface area (TPSA) is 75.6 Å². The van der Waals surface area contributed by atoms with Gasteiger partial charge in [-0.3, -0.25) is 0 Å². The van der Waals surface area contributed by atoms with E-state index in [1.807, 2.05) is 13.8 Å². The molecule has 1 unspecified atom stereocenters. The zero-order valence-electron chi connectivity index (χ0n) is 11.5. The Morgan fingerprint density at radius 2 is 1.84 bits per heavy atom. The van der Waals surface area contributed by atoms with Gasteiger partial charge in [-0.1, -0.05) is 13.8 Å². The fourth-order valence-corrected chi connectivity index (χ4v) is 2.24. The standard InChI is InChI=1S/C13H21NO4S/c1-10(2)14-11(8-15)9-18-12-4-6-13(7-5-12)19(3,16)17/h4-7,10-11,14-15H,8-9H2,1-3H3. The second-order valence-corrected chi connectivity index (χ2v) is 6.77. The highest BCUT2D eigenvalue weighted by atomic mass is 32.2. The molecule has 1 atom stereocenters. The Bertz CT molecular complexity index is 482. The second-order valence-electron chi connectivity index (χ2n) is 4.76. The predicted molar refractivity (Wildman–Crippen MR) is 74.2 cm³/mol. The van der Waals surface area contributed by atoms with E-state index in [0.29, 0.717) is 12.4 Å². The summed E-state index contributed by atoms with van der Waals surface area (Å²) in [6, 6.07) is 6.35. The van der Waals surface area contributed by atoms with E-state index in [0.717, 1.165) is 6.26 Å². The number of rotatable bonds is 7. The molecule has 5 nitrogen and oxygen atoms in total. The summed E-state index contributed by atoms with van der Waals surface area (Å²) in [5.41, 5.74) is 0. The third kappa shape index (κ3) is 5.59. The van der Waals surface area contributed by atoms with Crippen LogP contribution in [0.3, 0.4) is 0 Å². The zero-order chi connectivity index (χ0) is 14.5. The molecule has 0 saturated heterocycles. The fraction of sp³-hybridized carbons (Fsp3) is 0.538. The third-order valence-corrected chi connectivity index (χ3v) is 3.62. The van der Waals surface area contributed by atoms with Crippen molar-refractivity contribution in [3.63, 3.8) is 0 Å². The Hall–Kier alpha value is -1.11. The van der Waals surface area contributed by atoms with Crippen LogP contribution < -0.4 is 10.1 Å². The highest BCUT2D eigenvalue weighted by Crippen LogP contribution is 2.15. The predicted octanol–water partition coefficient (Wildman–Crippen LogP) is 0.828. The van der Waals surface area contributed by atoms with E-state index < -0.39 is 9.84 Å². The molecule has 0 bridgehead atoms. The summed E-state index contributed by atoms with van der Waals surface area (Å²) in [5, 5.41) is 12.3. The number of benzene rings is 1. The number of sulfone groups is 1. The number of aliphatic hydroxyl groups excluding tert-OH is 1. The number of hydrogen-bond donors (Lipinski definition) is 2. The average molecular weight is 287 g/mol. The first-order valence-corrected chi connectivity index (χ1v) is 8.02. The van der Waals surface area contributed by atoms with Gasteiger partial charge < -0.3 is 15.2 Å². The number of nitrogens with one attached hydrogen (secondary N) is 1. The molecular weight excluding hydrogens is 266 g/mol. The summed E-state index contributed by atoms with van der Waals surface area (Å²) < 4.78 is 28.1. The SMILES string of the molecule is CC(C)NC(CO)COc1ccc(S(C)(=O)=O)cc1. The van der Waals surface area contributed by atoms with Crippen molar-refractivity contribution in [1.82, 2.24) is 5.32 Å². The molecule has 0 amide bonds. The van der Waals surface area contributed by atoms with Crippen molar-refractivity contribution in [2.24, 2.45) is 0 Å². The van der Waals surface area contributed by atoms with Crippen LogP contribution in [0.5, 0.6) is 5.75 Å². The van der Waals surface area contributed by atoms with Crippen molar-refractivity contribution in [2.45, 2.75) is 30.8 Å². The molecule has 0 fully saturated rings. The fourth-order valence-electron chi connectivity index (χ4n) is 1.60. The molecule has 19 heavy (non-hydrogen) atoms. The summed E-state index contributed by atoms with van der Waals surface area (Å²) in [6.45, 7) is 4.29. The van der Waals surface area contributed by atoms with Gasteiger partial charge in [-0.15, -0.1) is 0 Å². The average Bonchev–Trinajstić information content (AvgIpc) is 2.33. The Morgan fingerprint density at radius 1 is 1.26 bits per heavy atom. The van der Waals surface area contributed by atoms with Gasteiger partial charge in [0.15, 0.2) is 9.84 Å². The summed E-state index contributed by atoms with van der Waals surface area (Å²) in [7, 11) is -3.18. The molecule has 108 valence electrons. The minimum absolute atomic E-state index is 0.0143. The van der Waals surface area contributed by atoms with Gasteiger partial charge in [-0.2, -0.15) is 0 Å². The molecule has 1 rings (SSSR count). The number of aliphatic hydroxyl groups is 1. The monoisotopic (exact) mass is 287 g/mol. The van der Waals surface area contributed by atoms with Crippen molar-refractivity contribution in [3.8, 4) is 5.75 Å². The van der Waals surface area contributed by atoms with Crippen LogP contribution in [-0.4, -0.2) is 45.1 Å². The molecule has 0 heterocycles. The van der Waals surface area contributed by atoms with Gasteiger partial charge >= 0.3 is 0 Å². The van der Waals surface area contributed by atoms with Crippen molar-refractivity contribution in [1.29, 1.82) is 0 Å². The zero-order valence-corrected chi connectivity index (χ0v) is 12.3. The smallest absolute Gasteiger partial charge is 0.175 e. The summed E-state index contributed by atoms with van der Waals surface area (Å²) in [6.07, 6.45) is 1.16. The molecule has 1 aromatic carbocycles. The number of ether oxygens (including phenoxy) is 1. The van der Waals surface area contributed by atoms with Crippen LogP contribution in [0.15, 0.2) is 29.2 Å². The largest absolute Gasteiger partial charge is 0.492 e. The maximum atomic E-state index is 11.3. The summed E-state index contributed by atoms with van der Waals surface area (Å²) in [4.78, 5) is 0.263. The maximum absolute atomic E-state index is 11.3. The van der Waals surface area contributed by atoms with Crippen molar-refractivity contribution < 1.29 is 18.3 Å². The van der Waals surface area contributed by atoms with Crippen LogP contribution in [0.1, 0.15) is 13.8 Å². The van der Waals surface area contributed by atoms with Crippen LogP contribution >= 0.6 is 0 Å². The highest BCUT2D eigenvalue weighted by Gasteiger charge is 2.10. The van der Waals surface area contributed by atoms with Gasteiger partial charge in [0.1, 0.15) is 12.4 Å². The van der Waals surface area contributed by atoms with Crippen LogP contribution in [0, 0.1) is 0 Å². The van der Waals surface area contributed by atoms with Gasteiger partial charge in [-0.25, -0.2) is 8.42 Å². The van der Waals surface area contributed by atoms with Gasteiger partial charge in [0.05, 0.1) is 17.5 Å². The Labute approximate surface area is 114 Å². The maximum Gasteiger partial charge on any atom is 0.175 e. The first-order valence-electron chi connectivity index (χ1n) is 6.12. The second kappa shape index (κ2) is 6.88. The van der Waals surface area contributed by atoms with Crippen LogP contribution in [0.25, 0.3) is 0 Å². The lowest BCUT2D eigenvalue weighted by Crippen LogP contribution is -2.41. The van der Waals surface area contributed by atoms with E-state index in [1.165, 1.54) is 12.1 Å². The quantitative estimate of drug-likeness (QED) is 0.777. The normalized spacial score (nSPS) is 13.5. The van der Waals surface area contributed by atoms with Crippen molar-refractivity contribution in [2.75, 3.05) is 19.5 Å². The highest BCUT2D eigenvalue weighted by molar-refractivity contribution is 7.90. The van der Waals surface area contributed by atoms with E-state index in [4.69, 9.17) is 4.74 Å². The molecule has 0 radical (unpaired) electrons. The van der Waals surface area contributed by atoms with Crippen molar-refractivity contribution in [3.05, 3.63) is 24.3 Å².